The van der Waals surface area contributed by atoms with Gasteiger partial charge in [-0.15, -0.1) is 0 Å². The highest BCUT2D eigenvalue weighted by atomic mass is 16.5. The number of amides is 1. The number of aryl methyl sites for hydroxylation is 2. The molecule has 3 aromatic heterocycles. The summed E-state index contributed by atoms with van der Waals surface area (Å²) in [6.07, 6.45) is 6.56. The van der Waals surface area contributed by atoms with Crippen LogP contribution in [0.5, 0.6) is 0 Å². The van der Waals surface area contributed by atoms with Gasteiger partial charge in [-0.1, -0.05) is 23.9 Å². The van der Waals surface area contributed by atoms with E-state index in [-0.39, 0.29) is 17.5 Å². The molecule has 4 rings (SSSR count). The predicted octanol–water partition coefficient (Wildman–Crippen LogP) is 1.73. The lowest BCUT2D eigenvalue weighted by Crippen LogP contribution is -2.44. The Morgan fingerprint density at radius 1 is 1.40 bits per heavy atom. The smallest absolute Gasteiger partial charge is 0.278 e. The van der Waals surface area contributed by atoms with Crippen molar-refractivity contribution in [3.05, 3.63) is 45.9 Å². The van der Waals surface area contributed by atoms with E-state index in [1.54, 1.807) is 23.9 Å². The molecule has 0 atom stereocenters. The molecule has 0 bridgehead atoms. The van der Waals surface area contributed by atoms with Gasteiger partial charge in [0.2, 0.25) is 11.5 Å². The number of ether oxygens (including phenoxy) is 1. The highest BCUT2D eigenvalue weighted by Gasteiger charge is 2.26. The third-order valence-corrected chi connectivity index (χ3v) is 5.84. The molecule has 3 aromatic rings. The van der Waals surface area contributed by atoms with Crippen LogP contribution in [0.3, 0.4) is 0 Å². The highest BCUT2D eigenvalue weighted by molar-refractivity contribution is 6.00. The number of nitrogens with one attached hydrogen (secondary N) is 1. The summed E-state index contributed by atoms with van der Waals surface area (Å²) in [5.41, 5.74) is 8.51. The molecule has 1 amide bonds. The quantitative estimate of drug-likeness (QED) is 0.366. The molecule has 0 spiro atoms. The number of hydrogen-bond acceptors (Lipinski definition) is 5. The summed E-state index contributed by atoms with van der Waals surface area (Å²) in [6, 6.07) is 5.48. The average molecular weight is 410 g/mol. The van der Waals surface area contributed by atoms with E-state index in [1.165, 1.54) is 4.40 Å². The number of methoxy groups -OCH3 is 1. The topological polar surface area (TPSA) is 103 Å². The second kappa shape index (κ2) is 8.39. The fourth-order valence-electron chi connectivity index (χ4n) is 4.22. The molecule has 3 heterocycles. The number of nitrogens with two attached hydrogens (primary N) is 1. The first kappa shape index (κ1) is 20.3. The zero-order valence-electron chi connectivity index (χ0n) is 17.5. The summed E-state index contributed by atoms with van der Waals surface area (Å²) in [6.45, 7) is 2.95. The standard InChI is InChI=1S/C22H27N5O3/c1-14-7-5-10-27-19(14)25-20-17(22(27)29)13-16(18(23)26(20)11-6-12-30-2)21(28)24-15-8-3-4-9-15/h5,7,10,13,15,23H,3-4,6,8-9,11-12H2,1-2H3,(H,24,28)/p+1. The van der Waals surface area contributed by atoms with Crippen LogP contribution in [0, 0.1) is 6.92 Å². The summed E-state index contributed by atoms with van der Waals surface area (Å²) in [5.74, 6) is 0.0782. The van der Waals surface area contributed by atoms with Crippen LogP contribution < -0.4 is 21.2 Å². The van der Waals surface area contributed by atoms with Crippen molar-refractivity contribution in [1.29, 1.82) is 0 Å². The van der Waals surface area contributed by atoms with Crippen molar-refractivity contribution < 1.29 is 14.1 Å². The Bertz CT molecular complexity index is 1170. The number of nitrogen functional groups attached to an aromatic ring is 1. The van der Waals surface area contributed by atoms with Gasteiger partial charge in [-0.3, -0.25) is 14.0 Å². The van der Waals surface area contributed by atoms with Crippen LogP contribution in [0.1, 0.15) is 48.0 Å². The van der Waals surface area contributed by atoms with Crippen LogP contribution in [0.15, 0.2) is 29.2 Å². The van der Waals surface area contributed by atoms with Crippen molar-refractivity contribution in [1.82, 2.24) is 14.7 Å². The number of aromatic nitrogens is 3. The van der Waals surface area contributed by atoms with Crippen LogP contribution in [0.4, 0.5) is 5.82 Å². The molecule has 0 aromatic carbocycles. The molecule has 1 aliphatic carbocycles. The zero-order chi connectivity index (χ0) is 21.3. The Morgan fingerprint density at radius 3 is 2.90 bits per heavy atom. The minimum Gasteiger partial charge on any atom is -0.385 e. The van der Waals surface area contributed by atoms with E-state index in [1.807, 2.05) is 19.1 Å². The van der Waals surface area contributed by atoms with Gasteiger partial charge in [0, 0.05) is 37.9 Å². The van der Waals surface area contributed by atoms with Gasteiger partial charge in [-0.25, -0.2) is 4.57 Å². The molecule has 0 radical (unpaired) electrons. The van der Waals surface area contributed by atoms with E-state index in [2.05, 4.69) is 5.32 Å². The fraction of sp³-hybridized carbons (Fsp3) is 0.455. The van der Waals surface area contributed by atoms with E-state index in [9.17, 15) is 9.59 Å². The van der Waals surface area contributed by atoms with Crippen LogP contribution in [-0.2, 0) is 11.3 Å². The van der Waals surface area contributed by atoms with E-state index < -0.39 is 0 Å². The number of fused-ring (bicyclic) bond motifs is 2. The second-order valence-corrected chi connectivity index (χ2v) is 7.94. The fourth-order valence-corrected chi connectivity index (χ4v) is 4.22. The molecule has 0 aliphatic heterocycles. The van der Waals surface area contributed by atoms with Crippen LogP contribution in [0.2, 0.25) is 0 Å². The van der Waals surface area contributed by atoms with Gasteiger partial charge in [0.05, 0.1) is 6.54 Å². The molecule has 0 saturated heterocycles. The maximum atomic E-state index is 13.3. The van der Waals surface area contributed by atoms with E-state index in [4.69, 9.17) is 15.5 Å². The first-order chi connectivity index (χ1) is 14.5. The first-order valence-electron chi connectivity index (χ1n) is 10.4. The molecule has 1 aliphatic rings. The van der Waals surface area contributed by atoms with Gasteiger partial charge in [-0.2, -0.15) is 0 Å². The minimum atomic E-state index is -0.240. The maximum absolute atomic E-state index is 13.3. The first-order valence-corrected chi connectivity index (χ1v) is 10.4. The normalized spacial score (nSPS) is 14.6. The average Bonchev–Trinajstić information content (AvgIpc) is 3.23. The lowest BCUT2D eigenvalue weighted by atomic mass is 10.1. The largest absolute Gasteiger partial charge is 0.385 e. The van der Waals surface area contributed by atoms with Gasteiger partial charge >= 0.3 is 0 Å². The number of hydrogen-bond donors (Lipinski definition) is 2. The van der Waals surface area contributed by atoms with Gasteiger partial charge < -0.3 is 15.8 Å². The molecule has 158 valence electrons. The number of carbonyl (C=O) groups is 1. The number of rotatable bonds is 6. The third kappa shape index (κ3) is 3.63. The molecule has 1 fully saturated rings. The van der Waals surface area contributed by atoms with Gasteiger partial charge in [-0.05, 0) is 31.9 Å². The summed E-state index contributed by atoms with van der Waals surface area (Å²) >= 11 is 0. The SMILES string of the molecule is COCCC[n+]1c(N)c(C(=O)NC2CCCC2)cc2c(=O)n3cccc(C)c3nc21. The molecule has 0 unspecified atom stereocenters. The molecule has 30 heavy (non-hydrogen) atoms. The van der Waals surface area contributed by atoms with Crippen molar-refractivity contribution in [2.24, 2.45) is 0 Å². The number of anilines is 1. The molecular formula is C22H28N5O3+. The van der Waals surface area contributed by atoms with Crippen molar-refractivity contribution in [2.75, 3.05) is 19.5 Å². The van der Waals surface area contributed by atoms with Crippen LogP contribution >= 0.6 is 0 Å². The van der Waals surface area contributed by atoms with E-state index >= 15 is 0 Å². The second-order valence-electron chi connectivity index (χ2n) is 7.94. The highest BCUT2D eigenvalue weighted by Crippen LogP contribution is 2.20. The monoisotopic (exact) mass is 410 g/mol. The van der Waals surface area contributed by atoms with E-state index in [0.29, 0.717) is 47.6 Å². The Kier molecular flexibility index (Phi) is 5.67. The number of nitrogens with zero attached hydrogens (tertiary/aromatic N) is 3. The minimum absolute atomic E-state index is 0.160. The molecule has 8 nitrogen and oxygen atoms in total. The molecule has 1 saturated carbocycles. The summed E-state index contributed by atoms with van der Waals surface area (Å²) in [7, 11) is 1.64. The van der Waals surface area contributed by atoms with Crippen LogP contribution in [0.25, 0.3) is 16.7 Å². The lowest BCUT2D eigenvalue weighted by molar-refractivity contribution is -0.659. The molecular weight excluding hydrogens is 382 g/mol. The Balaban J connectivity index is 1.91. The van der Waals surface area contributed by atoms with Crippen molar-refractivity contribution in [3.8, 4) is 0 Å². The molecule has 3 N–H and O–H groups in total. The Morgan fingerprint density at radius 2 is 2.17 bits per heavy atom. The van der Waals surface area contributed by atoms with Gasteiger partial charge in [0.1, 0.15) is 10.9 Å². The Hall–Kier alpha value is -3.00. The van der Waals surface area contributed by atoms with Gasteiger partial charge in [0.25, 0.3) is 17.1 Å². The Labute approximate surface area is 174 Å². The van der Waals surface area contributed by atoms with Crippen molar-refractivity contribution in [2.45, 2.75) is 51.6 Å². The third-order valence-electron chi connectivity index (χ3n) is 5.84. The van der Waals surface area contributed by atoms with Gasteiger partial charge in [0.15, 0.2) is 0 Å². The maximum Gasteiger partial charge on any atom is 0.278 e. The van der Waals surface area contributed by atoms with Crippen molar-refractivity contribution in [3.63, 3.8) is 0 Å². The lowest BCUT2D eigenvalue weighted by Gasteiger charge is -2.15. The summed E-state index contributed by atoms with van der Waals surface area (Å²) < 4.78 is 8.46. The number of pyridine rings is 2. The summed E-state index contributed by atoms with van der Waals surface area (Å²) in [4.78, 5) is 31.0. The van der Waals surface area contributed by atoms with E-state index in [0.717, 1.165) is 31.2 Å². The predicted molar refractivity (Wildman–Crippen MR) is 115 cm³/mol. The molecule has 8 heteroatoms. The van der Waals surface area contributed by atoms with Crippen LogP contribution in [-0.4, -0.2) is 35.1 Å². The van der Waals surface area contributed by atoms with Crippen molar-refractivity contribution >= 4 is 28.4 Å². The zero-order valence-corrected chi connectivity index (χ0v) is 17.5. The number of carbonyl (C=O) groups excluding carboxylic acids is 1. The summed E-state index contributed by atoms with van der Waals surface area (Å²) in [5, 5.41) is 3.45.